The highest BCUT2D eigenvalue weighted by Crippen LogP contribution is 2.28. The zero-order valence-corrected chi connectivity index (χ0v) is 14.8. The highest BCUT2D eigenvalue weighted by Gasteiger charge is 2.12. The maximum atomic E-state index is 12.2. The number of amides is 1. The number of nitrogens with one attached hydrogen (secondary N) is 2. The number of nitrogens with zero attached hydrogens (tertiary/aromatic N) is 1. The van der Waals surface area contributed by atoms with Gasteiger partial charge >= 0.3 is 0 Å². The van der Waals surface area contributed by atoms with Gasteiger partial charge in [-0.05, 0) is 30.3 Å². The summed E-state index contributed by atoms with van der Waals surface area (Å²) >= 11 is 6.03. The van der Waals surface area contributed by atoms with Crippen LogP contribution < -0.4 is 10.1 Å². The number of H-pyrrole nitrogens is 1. The minimum Gasteiger partial charge on any atom is -0.496 e. The Bertz CT molecular complexity index is 986. The molecular weight excluding hydrogens is 350 g/mol. The maximum Gasteiger partial charge on any atom is 0.270 e. The van der Waals surface area contributed by atoms with Gasteiger partial charge in [0.25, 0.3) is 5.91 Å². The van der Waals surface area contributed by atoms with Crippen molar-refractivity contribution in [3.63, 3.8) is 0 Å². The molecule has 0 aliphatic heterocycles. The molecule has 0 fully saturated rings. The van der Waals surface area contributed by atoms with E-state index in [0.29, 0.717) is 22.2 Å². The van der Waals surface area contributed by atoms with E-state index in [1.54, 1.807) is 19.2 Å². The van der Waals surface area contributed by atoms with Gasteiger partial charge in [0.05, 0.1) is 24.4 Å². The molecule has 0 atom stereocenters. The molecule has 1 heterocycles. The number of ether oxygens (including phenoxy) is 1. The molecule has 0 aliphatic rings. The fraction of sp³-hybridized carbons (Fsp3) is 0.100. The van der Waals surface area contributed by atoms with Crippen LogP contribution in [0.4, 0.5) is 0 Å². The number of rotatable bonds is 4. The van der Waals surface area contributed by atoms with Crippen molar-refractivity contribution in [2.75, 3.05) is 13.7 Å². The van der Waals surface area contributed by atoms with Gasteiger partial charge in [-0.1, -0.05) is 47.7 Å². The molecule has 1 amide bonds. The highest BCUT2D eigenvalue weighted by molar-refractivity contribution is 6.31. The summed E-state index contributed by atoms with van der Waals surface area (Å²) in [5, 5.41) is 10.2. The van der Waals surface area contributed by atoms with Gasteiger partial charge in [-0.2, -0.15) is 5.10 Å². The standard InChI is InChI=1S/C20H16ClN3O2/c1-26-19-11-5-3-9-15(19)17-13-18(24-23-17)20(25)22-12-6-8-14-7-2-4-10-16(14)21/h2-5,7,9-11,13H,12H2,1H3,(H,22,25)(H,23,24). The average molecular weight is 366 g/mol. The summed E-state index contributed by atoms with van der Waals surface area (Å²) in [6.07, 6.45) is 0. The summed E-state index contributed by atoms with van der Waals surface area (Å²) in [5.41, 5.74) is 2.52. The topological polar surface area (TPSA) is 67.0 Å². The fourth-order valence-electron chi connectivity index (χ4n) is 2.35. The maximum absolute atomic E-state index is 12.2. The van der Waals surface area contributed by atoms with Crippen LogP contribution in [0.1, 0.15) is 16.1 Å². The van der Waals surface area contributed by atoms with Gasteiger partial charge in [-0.15, -0.1) is 0 Å². The summed E-state index contributed by atoms with van der Waals surface area (Å²) in [6.45, 7) is 0.201. The monoisotopic (exact) mass is 365 g/mol. The number of carbonyl (C=O) groups excluding carboxylic acids is 1. The molecule has 0 saturated carbocycles. The van der Waals surface area contributed by atoms with Crippen molar-refractivity contribution in [1.29, 1.82) is 0 Å². The lowest BCUT2D eigenvalue weighted by atomic mass is 10.1. The molecule has 26 heavy (non-hydrogen) atoms. The van der Waals surface area contributed by atoms with Gasteiger partial charge in [0.1, 0.15) is 11.4 Å². The van der Waals surface area contributed by atoms with Crippen molar-refractivity contribution in [3.8, 4) is 28.8 Å². The van der Waals surface area contributed by atoms with Gasteiger partial charge < -0.3 is 10.1 Å². The van der Waals surface area contributed by atoms with E-state index in [0.717, 1.165) is 11.1 Å². The van der Waals surface area contributed by atoms with E-state index < -0.39 is 0 Å². The van der Waals surface area contributed by atoms with Gasteiger partial charge in [0, 0.05) is 11.1 Å². The first-order valence-corrected chi connectivity index (χ1v) is 8.27. The quantitative estimate of drug-likeness (QED) is 0.695. The molecule has 0 spiro atoms. The molecule has 2 aromatic carbocycles. The molecule has 1 aromatic heterocycles. The van der Waals surface area contributed by atoms with Crippen LogP contribution in [-0.2, 0) is 0 Å². The second kappa shape index (κ2) is 8.24. The van der Waals surface area contributed by atoms with Crippen LogP contribution in [0.5, 0.6) is 5.75 Å². The Kier molecular flexibility index (Phi) is 5.57. The van der Waals surface area contributed by atoms with E-state index in [2.05, 4.69) is 27.4 Å². The van der Waals surface area contributed by atoms with Crippen molar-refractivity contribution in [2.24, 2.45) is 0 Å². The third kappa shape index (κ3) is 4.05. The lowest BCUT2D eigenvalue weighted by Crippen LogP contribution is -2.23. The fourth-order valence-corrected chi connectivity index (χ4v) is 2.54. The number of halogens is 1. The SMILES string of the molecule is COc1ccccc1-c1cc(C(=O)NCC#Cc2ccccc2Cl)[nH]n1. The van der Waals surface area contributed by atoms with E-state index in [4.69, 9.17) is 16.3 Å². The smallest absolute Gasteiger partial charge is 0.270 e. The van der Waals surface area contributed by atoms with Crippen molar-refractivity contribution in [3.05, 3.63) is 70.9 Å². The molecule has 0 radical (unpaired) electrons. The van der Waals surface area contributed by atoms with Crippen LogP contribution in [-0.4, -0.2) is 29.8 Å². The number of hydrogen-bond acceptors (Lipinski definition) is 3. The zero-order chi connectivity index (χ0) is 18.4. The van der Waals surface area contributed by atoms with E-state index >= 15 is 0 Å². The molecule has 5 nitrogen and oxygen atoms in total. The second-order valence-electron chi connectivity index (χ2n) is 5.33. The molecule has 3 aromatic rings. The van der Waals surface area contributed by atoms with Crippen molar-refractivity contribution < 1.29 is 9.53 Å². The predicted molar refractivity (Wildman–Crippen MR) is 101 cm³/mol. The largest absolute Gasteiger partial charge is 0.496 e. The number of benzene rings is 2. The summed E-state index contributed by atoms with van der Waals surface area (Å²) in [6, 6.07) is 16.5. The Balaban J connectivity index is 1.65. The van der Waals surface area contributed by atoms with Crippen LogP contribution in [0.2, 0.25) is 5.02 Å². The van der Waals surface area contributed by atoms with Gasteiger partial charge in [-0.25, -0.2) is 0 Å². The first-order valence-electron chi connectivity index (χ1n) is 7.89. The minimum absolute atomic E-state index is 0.201. The van der Waals surface area contributed by atoms with Crippen molar-refractivity contribution >= 4 is 17.5 Å². The number of methoxy groups -OCH3 is 1. The average Bonchev–Trinajstić information content (AvgIpc) is 3.16. The third-order valence-electron chi connectivity index (χ3n) is 3.64. The first kappa shape index (κ1) is 17.6. The summed E-state index contributed by atoms with van der Waals surface area (Å²) in [5.74, 6) is 6.21. The normalized spacial score (nSPS) is 9.92. The Morgan fingerprint density at radius 1 is 1.23 bits per heavy atom. The second-order valence-corrected chi connectivity index (χ2v) is 5.74. The van der Waals surface area contributed by atoms with E-state index in [9.17, 15) is 4.79 Å². The third-order valence-corrected chi connectivity index (χ3v) is 3.97. The molecule has 2 N–H and O–H groups in total. The lowest BCUT2D eigenvalue weighted by Gasteiger charge is -2.04. The minimum atomic E-state index is -0.285. The Morgan fingerprint density at radius 2 is 2.00 bits per heavy atom. The predicted octanol–water partition coefficient (Wildman–Crippen LogP) is 3.52. The van der Waals surface area contributed by atoms with Gasteiger partial charge in [-0.3, -0.25) is 9.89 Å². The number of hydrogen-bond donors (Lipinski definition) is 2. The summed E-state index contributed by atoms with van der Waals surface area (Å²) < 4.78 is 5.32. The molecule has 0 aliphatic carbocycles. The molecule has 0 bridgehead atoms. The van der Waals surface area contributed by atoms with Crippen molar-refractivity contribution in [2.45, 2.75) is 0 Å². The number of aromatic nitrogens is 2. The Morgan fingerprint density at radius 3 is 2.81 bits per heavy atom. The van der Waals surface area contributed by atoms with Crippen LogP contribution >= 0.6 is 11.6 Å². The zero-order valence-electron chi connectivity index (χ0n) is 14.0. The molecular formula is C20H16ClN3O2. The van der Waals surface area contributed by atoms with E-state index in [1.165, 1.54) is 0 Å². The van der Waals surface area contributed by atoms with E-state index in [-0.39, 0.29) is 12.5 Å². The summed E-state index contributed by atoms with van der Waals surface area (Å²) in [4.78, 5) is 12.2. The Labute approximate surface area is 156 Å². The van der Waals surface area contributed by atoms with Crippen LogP contribution in [0, 0.1) is 11.8 Å². The number of para-hydroxylation sites is 1. The highest BCUT2D eigenvalue weighted by atomic mass is 35.5. The Hall–Kier alpha value is -3.23. The number of carbonyl (C=O) groups is 1. The number of aromatic amines is 1. The van der Waals surface area contributed by atoms with Crippen LogP contribution in [0.3, 0.4) is 0 Å². The van der Waals surface area contributed by atoms with Crippen molar-refractivity contribution in [1.82, 2.24) is 15.5 Å². The van der Waals surface area contributed by atoms with Crippen LogP contribution in [0.15, 0.2) is 54.6 Å². The molecule has 0 unspecified atom stereocenters. The molecule has 0 saturated heterocycles. The summed E-state index contributed by atoms with van der Waals surface area (Å²) in [7, 11) is 1.59. The first-order chi connectivity index (χ1) is 12.7. The van der Waals surface area contributed by atoms with E-state index in [1.807, 2.05) is 42.5 Å². The van der Waals surface area contributed by atoms with Gasteiger partial charge in [0.2, 0.25) is 0 Å². The lowest BCUT2D eigenvalue weighted by molar-refractivity contribution is 0.0953. The van der Waals surface area contributed by atoms with Crippen LogP contribution in [0.25, 0.3) is 11.3 Å². The van der Waals surface area contributed by atoms with Gasteiger partial charge in [0.15, 0.2) is 0 Å². The molecule has 6 heteroatoms. The molecule has 3 rings (SSSR count). The molecule has 130 valence electrons.